The van der Waals surface area contributed by atoms with E-state index in [-0.39, 0.29) is 18.4 Å². The highest BCUT2D eigenvalue weighted by Crippen LogP contribution is 2.36. The molecule has 23 heavy (non-hydrogen) atoms. The fourth-order valence-electron chi connectivity index (χ4n) is 2.83. The molecule has 1 atom stereocenters. The van der Waals surface area contributed by atoms with Crippen LogP contribution in [0.15, 0.2) is 48.5 Å². The fourth-order valence-corrected chi connectivity index (χ4v) is 3.00. The maximum Gasteiger partial charge on any atom is 0.0464 e. The van der Waals surface area contributed by atoms with Crippen molar-refractivity contribution >= 4 is 34.9 Å². The molecule has 0 amide bonds. The normalized spacial score (nSPS) is 12.1. The molecule has 0 saturated carbocycles. The molecule has 0 aliphatic carbocycles. The van der Waals surface area contributed by atoms with E-state index in [2.05, 4.69) is 41.5 Å². The third kappa shape index (κ3) is 3.70. The lowest BCUT2D eigenvalue weighted by molar-refractivity contribution is 0.573. The lowest BCUT2D eigenvalue weighted by Crippen LogP contribution is -2.25. The Morgan fingerprint density at radius 2 is 1.91 bits per heavy atom. The van der Waals surface area contributed by atoms with Crippen molar-refractivity contribution in [2.45, 2.75) is 13.0 Å². The van der Waals surface area contributed by atoms with Crippen molar-refractivity contribution in [2.75, 3.05) is 13.1 Å². The molecule has 0 aliphatic rings. The van der Waals surface area contributed by atoms with E-state index >= 15 is 0 Å². The molecule has 1 unspecified atom stereocenters. The number of rotatable bonds is 5. The number of nitrogens with one attached hydrogen (secondary N) is 2. The first-order chi connectivity index (χ1) is 10.7. The smallest absolute Gasteiger partial charge is 0.0464 e. The first-order valence-corrected chi connectivity index (χ1v) is 7.88. The van der Waals surface area contributed by atoms with Gasteiger partial charge in [0.05, 0.1) is 0 Å². The molecule has 0 spiro atoms. The zero-order chi connectivity index (χ0) is 15.5. The summed E-state index contributed by atoms with van der Waals surface area (Å²) in [4.78, 5) is 3.54. The van der Waals surface area contributed by atoms with Gasteiger partial charge < -0.3 is 16.0 Å². The van der Waals surface area contributed by atoms with Crippen molar-refractivity contribution in [2.24, 2.45) is 5.73 Å². The van der Waals surface area contributed by atoms with Gasteiger partial charge in [-0.05, 0) is 30.7 Å². The Balaban J connectivity index is 0.00000192. The zero-order valence-corrected chi connectivity index (χ0v) is 14.5. The second-order valence-corrected chi connectivity index (χ2v) is 5.87. The number of hydrogen-bond acceptors (Lipinski definition) is 2. The molecule has 2 aromatic carbocycles. The van der Waals surface area contributed by atoms with Crippen LogP contribution in [0.4, 0.5) is 0 Å². The fraction of sp³-hybridized carbons (Fsp3) is 0.222. The minimum atomic E-state index is 0. The zero-order valence-electron chi connectivity index (χ0n) is 13.0. The minimum Gasteiger partial charge on any atom is -0.357 e. The maximum absolute atomic E-state index is 6.20. The van der Waals surface area contributed by atoms with E-state index in [0.717, 1.165) is 28.2 Å². The largest absolute Gasteiger partial charge is 0.357 e. The van der Waals surface area contributed by atoms with Crippen molar-refractivity contribution in [3.8, 4) is 11.1 Å². The van der Waals surface area contributed by atoms with E-state index < -0.39 is 0 Å². The molecule has 0 bridgehead atoms. The molecule has 3 nitrogen and oxygen atoms in total. The van der Waals surface area contributed by atoms with Crippen molar-refractivity contribution < 1.29 is 0 Å². The van der Waals surface area contributed by atoms with E-state index in [1.165, 1.54) is 11.1 Å². The van der Waals surface area contributed by atoms with E-state index in [9.17, 15) is 0 Å². The molecule has 4 N–H and O–H groups in total. The summed E-state index contributed by atoms with van der Waals surface area (Å²) in [7, 11) is 0. The van der Waals surface area contributed by atoms with Crippen LogP contribution in [0.1, 0.15) is 18.7 Å². The molecule has 1 aromatic heterocycles. The average Bonchev–Trinajstić information content (AvgIpc) is 2.92. The predicted octanol–water partition coefficient (Wildman–Crippen LogP) is 4.52. The number of nitrogens with two attached hydrogens (primary N) is 1. The summed E-state index contributed by atoms with van der Waals surface area (Å²) < 4.78 is 0. The molecule has 0 radical (unpaired) electrons. The van der Waals surface area contributed by atoms with Crippen LogP contribution in [-0.2, 0) is 0 Å². The van der Waals surface area contributed by atoms with Crippen LogP contribution in [0.2, 0.25) is 5.02 Å². The van der Waals surface area contributed by atoms with Gasteiger partial charge in [-0.2, -0.15) is 0 Å². The Labute approximate surface area is 147 Å². The van der Waals surface area contributed by atoms with Crippen LogP contribution in [0.25, 0.3) is 22.0 Å². The Morgan fingerprint density at radius 3 is 2.61 bits per heavy atom. The van der Waals surface area contributed by atoms with E-state index in [1.54, 1.807) is 0 Å². The molecule has 0 saturated heterocycles. The number of benzene rings is 2. The van der Waals surface area contributed by atoms with Gasteiger partial charge in [0.1, 0.15) is 0 Å². The van der Waals surface area contributed by atoms with Gasteiger partial charge in [-0.3, -0.25) is 0 Å². The molecular weight excluding hydrogens is 329 g/mol. The second kappa shape index (κ2) is 7.84. The van der Waals surface area contributed by atoms with E-state index in [4.69, 9.17) is 17.3 Å². The average molecular weight is 350 g/mol. The van der Waals surface area contributed by atoms with Gasteiger partial charge in [-0.15, -0.1) is 12.4 Å². The summed E-state index contributed by atoms with van der Waals surface area (Å²) in [6.07, 6.45) is 0. The summed E-state index contributed by atoms with van der Waals surface area (Å²) in [6, 6.07) is 16.5. The topological polar surface area (TPSA) is 53.8 Å². The van der Waals surface area contributed by atoms with Crippen molar-refractivity contribution in [1.82, 2.24) is 10.3 Å². The predicted molar refractivity (Wildman–Crippen MR) is 101 cm³/mol. The first-order valence-electron chi connectivity index (χ1n) is 7.50. The lowest BCUT2D eigenvalue weighted by Gasteiger charge is -2.14. The maximum atomic E-state index is 6.20. The number of aromatic nitrogens is 1. The molecular formula is C18H21Cl2N3. The minimum absolute atomic E-state index is 0. The van der Waals surface area contributed by atoms with Gasteiger partial charge in [-0.25, -0.2) is 0 Å². The van der Waals surface area contributed by atoms with Crippen molar-refractivity contribution in [3.05, 3.63) is 59.2 Å². The SMILES string of the molecule is CC(NCCN)c1[nH]c2ccc(Cl)cc2c1-c1ccccc1.Cl. The molecule has 0 fully saturated rings. The summed E-state index contributed by atoms with van der Waals surface area (Å²) in [5.74, 6) is 0. The third-order valence-corrected chi connectivity index (χ3v) is 4.12. The molecule has 1 heterocycles. The molecule has 0 aliphatic heterocycles. The summed E-state index contributed by atoms with van der Waals surface area (Å²) in [6.45, 7) is 3.55. The molecule has 122 valence electrons. The highest BCUT2D eigenvalue weighted by molar-refractivity contribution is 6.31. The Morgan fingerprint density at radius 1 is 1.17 bits per heavy atom. The Kier molecular flexibility index (Phi) is 6.08. The number of hydrogen-bond donors (Lipinski definition) is 3. The molecule has 3 rings (SSSR count). The summed E-state index contributed by atoms with van der Waals surface area (Å²) >= 11 is 6.20. The molecule has 3 aromatic rings. The standard InChI is InChI=1S/C18H20ClN3.ClH/c1-12(21-10-9-20)18-17(13-5-3-2-4-6-13)15-11-14(19)7-8-16(15)22-18;/h2-8,11-12,21-22H,9-10,20H2,1H3;1H. The number of halogens is 2. The van der Waals surface area contributed by atoms with Crippen LogP contribution in [-0.4, -0.2) is 18.1 Å². The first kappa shape index (κ1) is 17.8. The van der Waals surface area contributed by atoms with Crippen LogP contribution >= 0.6 is 24.0 Å². The Bertz CT molecular complexity index is 769. The van der Waals surface area contributed by atoms with Gasteiger partial charge in [0.25, 0.3) is 0 Å². The Hall–Kier alpha value is -1.52. The third-order valence-electron chi connectivity index (χ3n) is 3.88. The van der Waals surface area contributed by atoms with Crippen LogP contribution in [0.3, 0.4) is 0 Å². The quantitative estimate of drug-likeness (QED) is 0.634. The highest BCUT2D eigenvalue weighted by atomic mass is 35.5. The number of fused-ring (bicyclic) bond motifs is 1. The van der Waals surface area contributed by atoms with E-state index in [0.29, 0.717) is 6.54 Å². The van der Waals surface area contributed by atoms with Gasteiger partial charge in [-0.1, -0.05) is 41.9 Å². The summed E-state index contributed by atoms with van der Waals surface area (Å²) in [5, 5.41) is 5.34. The second-order valence-electron chi connectivity index (χ2n) is 5.43. The lowest BCUT2D eigenvalue weighted by atomic mass is 9.99. The van der Waals surface area contributed by atoms with E-state index in [1.807, 2.05) is 24.3 Å². The van der Waals surface area contributed by atoms with Gasteiger partial charge >= 0.3 is 0 Å². The van der Waals surface area contributed by atoms with Crippen LogP contribution < -0.4 is 11.1 Å². The van der Waals surface area contributed by atoms with Crippen LogP contribution in [0.5, 0.6) is 0 Å². The highest BCUT2D eigenvalue weighted by Gasteiger charge is 2.17. The van der Waals surface area contributed by atoms with Gasteiger partial charge in [0.15, 0.2) is 0 Å². The summed E-state index contributed by atoms with van der Waals surface area (Å²) in [5.41, 5.74) is 10.3. The van der Waals surface area contributed by atoms with Crippen molar-refractivity contribution in [3.63, 3.8) is 0 Å². The van der Waals surface area contributed by atoms with Crippen LogP contribution in [0, 0.1) is 0 Å². The monoisotopic (exact) mass is 349 g/mol. The van der Waals surface area contributed by atoms with Gasteiger partial charge in [0, 0.05) is 46.3 Å². The van der Waals surface area contributed by atoms with Crippen molar-refractivity contribution in [1.29, 1.82) is 0 Å². The van der Waals surface area contributed by atoms with Gasteiger partial charge in [0.2, 0.25) is 0 Å². The molecule has 5 heteroatoms. The number of H-pyrrole nitrogens is 1. The number of aromatic amines is 1.